The second-order valence-corrected chi connectivity index (χ2v) is 5.25. The molecule has 1 aliphatic heterocycles. The van der Waals surface area contributed by atoms with Crippen LogP contribution in [0.4, 0.5) is 5.95 Å². The molecule has 0 atom stereocenters. The van der Waals surface area contributed by atoms with Crippen molar-refractivity contribution in [3.8, 4) is 5.69 Å². The highest BCUT2D eigenvalue weighted by Gasteiger charge is 2.22. The third-order valence-electron chi connectivity index (χ3n) is 3.59. The van der Waals surface area contributed by atoms with E-state index in [1.165, 1.54) is 0 Å². The van der Waals surface area contributed by atoms with Gasteiger partial charge in [0.1, 0.15) is 6.33 Å². The van der Waals surface area contributed by atoms with Gasteiger partial charge in [-0.1, -0.05) is 18.2 Å². The zero-order chi connectivity index (χ0) is 14.2. The molecule has 0 spiro atoms. The Balaban J connectivity index is 1.76. The Hall–Kier alpha value is -2.48. The maximum Gasteiger partial charge on any atom is 0.230 e. The molecule has 8 heteroatoms. The summed E-state index contributed by atoms with van der Waals surface area (Å²) in [5.74, 6) is 1.75. The molecule has 0 saturated carbocycles. The van der Waals surface area contributed by atoms with Gasteiger partial charge in [-0.15, -0.1) is 15.3 Å². The summed E-state index contributed by atoms with van der Waals surface area (Å²) in [7, 11) is 0. The minimum absolute atomic E-state index is 0.586. The maximum absolute atomic E-state index is 5.37. The van der Waals surface area contributed by atoms with E-state index in [9.17, 15) is 0 Å². The van der Waals surface area contributed by atoms with Gasteiger partial charge >= 0.3 is 0 Å². The van der Waals surface area contributed by atoms with E-state index in [0.29, 0.717) is 11.3 Å². The summed E-state index contributed by atoms with van der Waals surface area (Å²) < 4.78 is 4.59. The lowest BCUT2D eigenvalue weighted by molar-refractivity contribution is 0.549. The number of aromatic nitrogens is 6. The first-order valence-electron chi connectivity index (χ1n) is 6.67. The number of rotatable bonds is 2. The number of nitrogens with one attached hydrogen (secondary N) is 1. The molecular weight excluding hydrogens is 286 g/mol. The van der Waals surface area contributed by atoms with Crippen molar-refractivity contribution in [2.75, 3.05) is 11.4 Å². The van der Waals surface area contributed by atoms with Crippen molar-refractivity contribution in [3.63, 3.8) is 0 Å². The third-order valence-corrected chi connectivity index (χ3v) is 3.86. The lowest BCUT2D eigenvalue weighted by Gasteiger charge is -2.27. The van der Waals surface area contributed by atoms with Gasteiger partial charge in [0.25, 0.3) is 0 Å². The van der Waals surface area contributed by atoms with Gasteiger partial charge in [0.15, 0.2) is 5.82 Å². The highest BCUT2D eigenvalue weighted by molar-refractivity contribution is 7.71. The summed E-state index contributed by atoms with van der Waals surface area (Å²) in [6.07, 6.45) is 1.76. The number of H-pyrrole nitrogens is 1. The molecule has 0 bridgehead atoms. The summed E-state index contributed by atoms with van der Waals surface area (Å²) in [5.41, 5.74) is 0.998. The zero-order valence-corrected chi connectivity index (χ0v) is 12.0. The first kappa shape index (κ1) is 12.3. The standard InChI is InChI=1S/C13H13N7S/c21-13-17-16-12(20(13)10-4-2-1-3-5-10)18-6-7-19-9-14-15-11(19)8-18/h1-5,9H,6-8H2,(H,17,21). The normalized spacial score (nSPS) is 14.2. The fourth-order valence-electron chi connectivity index (χ4n) is 2.55. The molecule has 3 aromatic rings. The Kier molecular flexibility index (Phi) is 2.81. The summed E-state index contributed by atoms with van der Waals surface area (Å²) >= 11 is 5.37. The van der Waals surface area contributed by atoms with Gasteiger partial charge in [0.2, 0.25) is 10.7 Å². The van der Waals surface area contributed by atoms with Gasteiger partial charge in [0, 0.05) is 13.1 Å². The molecule has 1 aromatic carbocycles. The lowest BCUT2D eigenvalue weighted by Crippen LogP contribution is -2.35. The van der Waals surface area contributed by atoms with Crippen molar-refractivity contribution in [1.29, 1.82) is 0 Å². The molecule has 7 nitrogen and oxygen atoms in total. The smallest absolute Gasteiger partial charge is 0.230 e. The highest BCUT2D eigenvalue weighted by Crippen LogP contribution is 2.21. The number of para-hydroxylation sites is 1. The Morgan fingerprint density at radius 1 is 1.14 bits per heavy atom. The second kappa shape index (κ2) is 4.81. The molecular formula is C13H13N7S. The number of benzene rings is 1. The molecule has 4 rings (SSSR count). The van der Waals surface area contributed by atoms with Crippen molar-refractivity contribution in [3.05, 3.63) is 47.3 Å². The van der Waals surface area contributed by atoms with Crippen LogP contribution in [0.25, 0.3) is 5.69 Å². The van der Waals surface area contributed by atoms with Crippen LogP contribution in [0, 0.1) is 4.77 Å². The largest absolute Gasteiger partial charge is 0.331 e. The van der Waals surface area contributed by atoms with Gasteiger partial charge in [-0.2, -0.15) is 0 Å². The first-order valence-corrected chi connectivity index (χ1v) is 7.08. The minimum Gasteiger partial charge on any atom is -0.331 e. The summed E-state index contributed by atoms with van der Waals surface area (Å²) in [6, 6.07) is 9.99. The van der Waals surface area contributed by atoms with E-state index in [-0.39, 0.29) is 0 Å². The van der Waals surface area contributed by atoms with Crippen LogP contribution in [0.3, 0.4) is 0 Å². The van der Waals surface area contributed by atoms with Crippen LogP contribution in [0.15, 0.2) is 36.7 Å². The number of hydrogen-bond donors (Lipinski definition) is 1. The van der Waals surface area contributed by atoms with E-state index in [1.807, 2.05) is 34.9 Å². The number of aromatic amines is 1. The Morgan fingerprint density at radius 2 is 2.00 bits per heavy atom. The predicted octanol–water partition coefficient (Wildman–Crippen LogP) is 1.54. The number of nitrogens with zero attached hydrogens (tertiary/aromatic N) is 6. The summed E-state index contributed by atoms with van der Waals surface area (Å²) in [4.78, 5) is 2.16. The molecule has 21 heavy (non-hydrogen) atoms. The van der Waals surface area contributed by atoms with Crippen LogP contribution in [0.5, 0.6) is 0 Å². The van der Waals surface area contributed by atoms with E-state index in [0.717, 1.165) is 30.5 Å². The van der Waals surface area contributed by atoms with Crippen LogP contribution >= 0.6 is 12.2 Å². The molecule has 0 saturated heterocycles. The molecule has 0 aliphatic carbocycles. The zero-order valence-electron chi connectivity index (χ0n) is 11.2. The molecule has 3 heterocycles. The Morgan fingerprint density at radius 3 is 2.86 bits per heavy atom. The van der Waals surface area contributed by atoms with Crippen LogP contribution in [0.1, 0.15) is 5.82 Å². The van der Waals surface area contributed by atoms with Crippen molar-refractivity contribution in [2.24, 2.45) is 0 Å². The van der Waals surface area contributed by atoms with Crippen LogP contribution in [-0.4, -0.2) is 36.1 Å². The Labute approximate surface area is 125 Å². The first-order chi connectivity index (χ1) is 10.3. The highest BCUT2D eigenvalue weighted by atomic mass is 32.1. The van der Waals surface area contributed by atoms with E-state index in [1.54, 1.807) is 6.33 Å². The molecule has 1 N–H and O–H groups in total. The van der Waals surface area contributed by atoms with Gasteiger partial charge in [0.05, 0.1) is 12.2 Å². The topological polar surface area (TPSA) is 67.6 Å². The maximum atomic E-state index is 5.37. The van der Waals surface area contributed by atoms with E-state index in [4.69, 9.17) is 12.2 Å². The Bertz CT molecular complexity index is 816. The quantitative estimate of drug-likeness (QED) is 0.727. The second-order valence-electron chi connectivity index (χ2n) is 4.86. The van der Waals surface area contributed by atoms with Gasteiger partial charge < -0.3 is 9.47 Å². The van der Waals surface area contributed by atoms with E-state index < -0.39 is 0 Å². The van der Waals surface area contributed by atoms with Crippen LogP contribution in [0.2, 0.25) is 0 Å². The average Bonchev–Trinajstić information content (AvgIpc) is 3.13. The van der Waals surface area contributed by atoms with Gasteiger partial charge in [-0.25, -0.2) is 5.10 Å². The molecule has 0 radical (unpaired) electrons. The van der Waals surface area contributed by atoms with Crippen LogP contribution in [-0.2, 0) is 13.1 Å². The van der Waals surface area contributed by atoms with Crippen molar-refractivity contribution in [1.82, 2.24) is 29.5 Å². The van der Waals surface area contributed by atoms with Crippen molar-refractivity contribution in [2.45, 2.75) is 13.1 Å². The fourth-order valence-corrected chi connectivity index (χ4v) is 2.78. The minimum atomic E-state index is 0.586. The molecule has 0 unspecified atom stereocenters. The summed E-state index contributed by atoms with van der Waals surface area (Å²) in [6.45, 7) is 2.36. The van der Waals surface area contributed by atoms with E-state index in [2.05, 4.69) is 29.9 Å². The molecule has 0 fully saturated rings. The molecule has 106 valence electrons. The van der Waals surface area contributed by atoms with Gasteiger partial charge in [-0.05, 0) is 24.4 Å². The fraction of sp³-hybridized carbons (Fsp3) is 0.231. The molecule has 1 aliphatic rings. The average molecular weight is 299 g/mol. The monoisotopic (exact) mass is 299 g/mol. The SMILES string of the molecule is S=c1[nH]nc(N2CCn3cnnc3C2)n1-c1ccccc1. The van der Waals surface area contributed by atoms with Crippen LogP contribution < -0.4 is 4.90 Å². The van der Waals surface area contributed by atoms with E-state index >= 15 is 0 Å². The number of anilines is 1. The molecule has 0 amide bonds. The summed E-state index contributed by atoms with van der Waals surface area (Å²) in [5, 5.41) is 15.4. The third kappa shape index (κ3) is 2.04. The lowest BCUT2D eigenvalue weighted by atomic mass is 10.3. The van der Waals surface area contributed by atoms with Gasteiger partial charge in [-0.3, -0.25) is 4.57 Å². The number of hydrogen-bond acceptors (Lipinski definition) is 5. The van der Waals surface area contributed by atoms with Crippen molar-refractivity contribution >= 4 is 18.2 Å². The van der Waals surface area contributed by atoms with Crippen molar-refractivity contribution < 1.29 is 0 Å². The molecule has 2 aromatic heterocycles. The predicted molar refractivity (Wildman–Crippen MR) is 79.8 cm³/mol. The number of fused-ring (bicyclic) bond motifs is 1.